The van der Waals surface area contributed by atoms with E-state index >= 15 is 0 Å². The molecule has 0 fully saturated rings. The van der Waals surface area contributed by atoms with Gasteiger partial charge in [-0.15, -0.1) is 0 Å². The van der Waals surface area contributed by atoms with Gasteiger partial charge in [0.2, 0.25) is 10.3 Å². The molecule has 1 rings (SSSR count). The molecule has 4 unspecified atom stereocenters. The fourth-order valence-electron chi connectivity index (χ4n) is 13.9. The molecule has 1 aromatic carbocycles. The Balaban J connectivity index is -0.000000612. The number of hydrogen-bond donors (Lipinski definition) is 0. The van der Waals surface area contributed by atoms with Crippen LogP contribution in [-0.4, -0.2) is 276 Å². The van der Waals surface area contributed by atoms with E-state index in [0.29, 0.717) is 59.3 Å². The van der Waals surface area contributed by atoms with Crippen LogP contribution in [0.1, 0.15) is 260 Å². The first-order valence-electron chi connectivity index (χ1n) is 53.3. The summed E-state index contributed by atoms with van der Waals surface area (Å²) in [5.41, 5.74) is -7.10. The van der Waals surface area contributed by atoms with Crippen LogP contribution in [-0.2, 0) is 148 Å². The first-order chi connectivity index (χ1) is 67.1. The van der Waals surface area contributed by atoms with Gasteiger partial charge in [-0.1, -0.05) is 144 Å². The molecule has 886 valence electrons. The smallest absolute Gasteiger partial charge is 0.465 e. The van der Waals surface area contributed by atoms with Gasteiger partial charge in [0.1, 0.15) is 32.5 Å². The second kappa shape index (κ2) is 70.5. The Labute approximate surface area is 915 Å². The number of ether oxygens (including phenoxy) is 10. The summed E-state index contributed by atoms with van der Waals surface area (Å²) in [4.78, 5) is 70.8. The van der Waals surface area contributed by atoms with Crippen molar-refractivity contribution in [2.45, 2.75) is 442 Å². The third-order valence-electron chi connectivity index (χ3n) is 22.5. The topological polar surface area (TPSA) is 379 Å². The van der Waals surface area contributed by atoms with E-state index in [-0.39, 0.29) is 60.7 Å². The molecule has 0 aromatic heterocycles. The van der Waals surface area contributed by atoms with Crippen molar-refractivity contribution in [1.29, 1.82) is 0 Å². The van der Waals surface area contributed by atoms with Crippen molar-refractivity contribution >= 4 is 150 Å². The van der Waals surface area contributed by atoms with Crippen LogP contribution in [0.4, 0.5) is 13.2 Å². The fourth-order valence-corrected chi connectivity index (χ4v) is 71.0. The molecule has 0 aliphatic rings. The number of alkyl halides is 3. The maximum absolute atomic E-state index is 12.4. The zero-order valence-corrected chi connectivity index (χ0v) is 115. The normalized spacial score (nSPS) is 14.2. The number of quaternary nitrogens is 1. The summed E-state index contributed by atoms with van der Waals surface area (Å²) in [5, 5.41) is 0. The van der Waals surface area contributed by atoms with Crippen molar-refractivity contribution in [2.24, 2.45) is 33.0 Å². The Morgan fingerprint density at radius 3 is 1.01 bits per heavy atom. The quantitative estimate of drug-likeness (QED) is 0.0192. The van der Waals surface area contributed by atoms with E-state index in [4.69, 9.17) is 83.8 Å². The van der Waals surface area contributed by atoms with Crippen LogP contribution in [0.5, 0.6) is 0 Å². The lowest BCUT2D eigenvalue weighted by Gasteiger charge is -2.45. The number of halogens is 3. The van der Waals surface area contributed by atoms with Gasteiger partial charge in [-0.3, -0.25) is 33.0 Å². The highest BCUT2D eigenvalue weighted by Gasteiger charge is 2.52. The van der Waals surface area contributed by atoms with Crippen molar-refractivity contribution in [3.8, 4) is 0 Å². The van der Waals surface area contributed by atoms with Gasteiger partial charge in [-0.2, -0.15) is 13.2 Å². The summed E-state index contributed by atoms with van der Waals surface area (Å²) in [5.74, 6) is -1.38. The second-order valence-electron chi connectivity index (χ2n) is 47.7. The van der Waals surface area contributed by atoms with Crippen LogP contribution >= 0.6 is 0 Å². The molecule has 33 nitrogen and oxygen atoms in total. The molecule has 0 heterocycles. The van der Waals surface area contributed by atoms with E-state index in [1.807, 2.05) is 118 Å². The van der Waals surface area contributed by atoms with Crippen molar-refractivity contribution in [2.75, 3.05) is 101 Å². The largest absolute Gasteiger partial charge is 0.480 e. The van der Waals surface area contributed by atoms with Crippen LogP contribution in [0.3, 0.4) is 0 Å². The van der Waals surface area contributed by atoms with Gasteiger partial charge < -0.3 is 97.1 Å². The average Bonchev–Trinajstić information content (AvgIpc) is 0.798. The number of hydrogen-bond acceptors (Lipinski definition) is 31. The van der Waals surface area contributed by atoms with Gasteiger partial charge in [-0.25, -0.2) is 16.8 Å². The third kappa shape index (κ3) is 80.8. The highest BCUT2D eigenvalue weighted by atomic mass is 32.3. The number of carbonyl (C=O) groups excluding carboxylic acids is 6. The second-order valence-corrected chi connectivity index (χ2v) is 92.4. The van der Waals surface area contributed by atoms with Crippen LogP contribution < -0.4 is 0 Å². The van der Waals surface area contributed by atoms with Crippen molar-refractivity contribution in [1.82, 2.24) is 0 Å². The number of methoxy groups -OCH3 is 1. The predicted octanol–water partition coefficient (Wildman–Crippen LogP) is 25.5. The summed E-state index contributed by atoms with van der Waals surface area (Å²) in [6.45, 7) is 91.3. The summed E-state index contributed by atoms with van der Waals surface area (Å²) < 4.78 is 205. The Morgan fingerprint density at radius 1 is 0.362 bits per heavy atom. The maximum Gasteiger partial charge on any atom is 0.480 e. The zero-order chi connectivity index (χ0) is 118. The first kappa shape index (κ1) is 155. The van der Waals surface area contributed by atoms with E-state index in [9.17, 15) is 58.8 Å². The molecule has 0 bridgehead atoms. The van der Waals surface area contributed by atoms with Crippen LogP contribution in [0.25, 0.3) is 4.13 Å². The zero-order valence-electron chi connectivity index (χ0n) is 102. The molecule has 0 spiro atoms. The van der Waals surface area contributed by atoms with Gasteiger partial charge in [-0.05, 0) is 298 Å². The Morgan fingerprint density at radius 2 is 0.671 bits per heavy atom. The molecule has 0 radical (unpaired) electrons. The van der Waals surface area contributed by atoms with Crippen molar-refractivity contribution < 1.29 is 156 Å². The summed E-state index contributed by atoms with van der Waals surface area (Å²) in [6.07, 6.45) is 17.5. The third-order valence-corrected chi connectivity index (χ3v) is 66.7. The first-order valence-corrected chi connectivity index (χ1v) is 87.9. The molecule has 49 heteroatoms. The molecule has 1 aromatic rings. The van der Waals surface area contributed by atoms with E-state index < -0.39 is 166 Å². The van der Waals surface area contributed by atoms with E-state index in [1.165, 1.54) is 63.4 Å². The lowest BCUT2D eigenvalue weighted by Crippen LogP contribution is -2.62. The monoisotopic (exact) mass is 2370 g/mol. The molecule has 149 heavy (non-hydrogen) atoms. The van der Waals surface area contributed by atoms with Gasteiger partial charge >= 0.3 is 118 Å². The molecule has 0 saturated heterocycles. The highest BCUT2D eigenvalue weighted by Crippen LogP contribution is 2.36. The van der Waals surface area contributed by atoms with Gasteiger partial charge in [0.15, 0.2) is 26.7 Å². The number of benzene rings is 1. The van der Waals surface area contributed by atoms with Crippen LogP contribution in [0.15, 0.2) is 30.3 Å². The van der Waals surface area contributed by atoms with E-state index in [1.54, 1.807) is 32.0 Å². The van der Waals surface area contributed by atoms with E-state index in [2.05, 4.69) is 218 Å². The minimum atomic E-state index is -6.23. The average molecular weight is 2370 g/mol. The maximum atomic E-state index is 12.4. The predicted molar refractivity (Wildman–Crippen MR) is 615 cm³/mol. The minimum absolute atomic E-state index is 0.0292. The number of esters is 6. The fraction of sp³-hybridized carbons (Fsp3) is 0.880. The van der Waals surface area contributed by atoms with Gasteiger partial charge in [0, 0.05) is 12.7 Å². The Bertz CT molecular complexity index is 4130. The number of carbonyl (C=O) groups is 6. The highest BCUT2D eigenvalue weighted by molar-refractivity contribution is 8.10. The minimum Gasteiger partial charge on any atom is -0.465 e. The van der Waals surface area contributed by atoms with Gasteiger partial charge in [0.05, 0.1) is 119 Å². The van der Waals surface area contributed by atoms with E-state index in [0.717, 1.165) is 62.0 Å². The molecular formula is C100H213F3N2O31S2Si11. The number of nitrogens with zero attached hydrogens (tertiary/aromatic N) is 2. The molecule has 0 aliphatic heterocycles. The van der Waals surface area contributed by atoms with Crippen LogP contribution in [0.2, 0.25) is 157 Å². The van der Waals surface area contributed by atoms with Crippen molar-refractivity contribution in [3.63, 3.8) is 0 Å². The van der Waals surface area contributed by atoms with Gasteiger partial charge in [0.25, 0.3) is 0 Å². The molecule has 0 saturated carbocycles. The number of sulfonamides is 1. The SMILES string of the molecule is CCC(C)(C)C(=O)OCC(C)OCC(C)OCC(C)OC(=O)C(C)(C)CC.CCC(C)(C)C(=O)OCCC[Si](C)(C)O[Si](C)(C)O[Si](C)(C)O[Si](C)(C)O[Si](C)(C)O[Si](C)(C)O[Si](C)(C)O[Si](C)(C)O[Si](C)(C)O[Si](C)(C)O[Si](C)(C)C.CCC(C)(C)C(=O)OCCOCCOC.CCC(C)(C)C(=O)OCCOS(=O)(=O)[N-]S(=O)(=O)C(F)(F)F.CCCCCCCCCCCCOC(=O)C(C)CC.C[N+](C)(C)Cc1ccccc1. The molecule has 0 aliphatic carbocycles. The van der Waals surface area contributed by atoms with Crippen LogP contribution in [0, 0.1) is 33.0 Å². The molecular weight excluding hydrogens is 2160 g/mol. The lowest BCUT2D eigenvalue weighted by atomic mass is 9.91. The Kier molecular flexibility index (Phi) is 73.3. The molecule has 0 amide bonds. The molecule has 4 atom stereocenters. The standard InChI is InChI=1S/C32H86O12Si11.C21H40O6.C17H34O2.C11H22O4.C10H16N.C9H15F3NO7S2/c1-27-32(2,3)31(33)34-29-28-30-46(7,8)36-48(11,12)38-50(15,16)40-52(19,20)42-54(23,24)44-55(25,26)43-53(21,22)41-51(17,18)39-49(13,14)37-47(9,10)35-45(4,5)6;1-10-20(6,7)18(22)26-13-16(4)24-12-15(3)25-14-17(5)27-19(23)21(8,9)11-2;1-4-6-7-8-9-10-11-12-13-14-15-19-17(18)16(3)5-2;1-5-11(2,3)10(12)15-9-8-14-7-6-13-4;1-11(2,3)9-10-7-5-4-6-8-10;1-4-8(2,3)7(14)19-5-6-20-22(17,18)13-21(15,16)9(10,11)12/h27-30H2,1-26H3;15-17H,10-14H2,1-9H3;16H,4-15H2,1-3H3;5-9H2,1-4H3;4-8H,9H2,1-3H3;4-6H2,1-3H3/q;;;;+1;-1. The lowest BCUT2D eigenvalue weighted by molar-refractivity contribution is -0.884. The summed E-state index contributed by atoms with van der Waals surface area (Å²) in [6, 6.07) is 11.4. The van der Waals surface area contributed by atoms with Crippen molar-refractivity contribution in [3.05, 3.63) is 40.0 Å². The Hall–Kier alpha value is -2.56. The summed E-state index contributed by atoms with van der Waals surface area (Å²) >= 11 is 0. The summed E-state index contributed by atoms with van der Waals surface area (Å²) in [7, 11) is -31.0. The number of unbranched alkanes of at least 4 members (excludes halogenated alkanes) is 9. The molecule has 0 N–H and O–H groups in total. The number of rotatable bonds is 70.